The molecule has 0 bridgehead atoms. The molecule has 0 saturated heterocycles. The third-order valence-electron chi connectivity index (χ3n) is 3.02. The summed E-state index contributed by atoms with van der Waals surface area (Å²) in [6, 6.07) is 3.76. The van der Waals surface area contributed by atoms with Gasteiger partial charge in [-0.1, -0.05) is 0 Å². The first-order valence-corrected chi connectivity index (χ1v) is 7.30. The minimum atomic E-state index is 0. The minimum Gasteiger partial charge on any atom is -0.467 e. The van der Waals surface area contributed by atoms with Crippen molar-refractivity contribution in [3.8, 4) is 0 Å². The lowest BCUT2D eigenvalue weighted by Crippen LogP contribution is -2.37. The predicted octanol–water partition coefficient (Wildman–Crippen LogP) is 1.90. The summed E-state index contributed by atoms with van der Waals surface area (Å²) in [4.78, 5) is 4.18. The van der Waals surface area contributed by atoms with Crippen LogP contribution >= 0.6 is 24.0 Å². The maximum absolute atomic E-state index is 5.52. The van der Waals surface area contributed by atoms with E-state index in [1.165, 1.54) is 0 Å². The molecule has 0 atom stereocenters. The fourth-order valence-corrected chi connectivity index (χ4v) is 1.92. The molecule has 7 nitrogen and oxygen atoms in total. The summed E-state index contributed by atoms with van der Waals surface area (Å²) in [6.45, 7) is 2.68. The number of aromatic nitrogens is 2. The number of ether oxygens (including phenoxy) is 1. The van der Waals surface area contributed by atoms with Gasteiger partial charge >= 0.3 is 0 Å². The zero-order chi connectivity index (χ0) is 15.6. The van der Waals surface area contributed by atoms with Crippen LogP contribution in [0.25, 0.3) is 0 Å². The topological polar surface area (TPSA) is 76.6 Å². The van der Waals surface area contributed by atoms with Crippen LogP contribution in [0.15, 0.2) is 40.2 Å². The molecule has 0 spiro atoms. The Hall–Kier alpha value is -1.55. The van der Waals surface area contributed by atoms with Gasteiger partial charge in [-0.2, -0.15) is 5.10 Å². The van der Waals surface area contributed by atoms with Crippen LogP contribution in [0.4, 0.5) is 0 Å². The van der Waals surface area contributed by atoms with Crippen molar-refractivity contribution in [1.82, 2.24) is 20.4 Å². The van der Waals surface area contributed by atoms with E-state index in [4.69, 9.17) is 9.15 Å². The van der Waals surface area contributed by atoms with Crippen LogP contribution in [0.3, 0.4) is 0 Å². The van der Waals surface area contributed by atoms with E-state index in [1.54, 1.807) is 18.0 Å². The zero-order valence-electron chi connectivity index (χ0n) is 13.5. The second kappa shape index (κ2) is 11.1. The highest BCUT2D eigenvalue weighted by atomic mass is 127. The maximum Gasteiger partial charge on any atom is 0.191 e. The first kappa shape index (κ1) is 19.5. The van der Waals surface area contributed by atoms with Gasteiger partial charge in [0.1, 0.15) is 12.4 Å². The summed E-state index contributed by atoms with van der Waals surface area (Å²) < 4.78 is 12.5. The fourth-order valence-electron chi connectivity index (χ4n) is 1.92. The van der Waals surface area contributed by atoms with E-state index >= 15 is 0 Å². The molecule has 2 rings (SSSR count). The number of nitrogens with zero attached hydrogens (tertiary/aromatic N) is 3. The van der Waals surface area contributed by atoms with Gasteiger partial charge in [-0.3, -0.25) is 9.67 Å². The van der Waals surface area contributed by atoms with Gasteiger partial charge in [0.2, 0.25) is 0 Å². The molecule has 2 aromatic rings. The molecule has 23 heavy (non-hydrogen) atoms. The van der Waals surface area contributed by atoms with Gasteiger partial charge in [-0.15, -0.1) is 24.0 Å². The number of furan rings is 1. The van der Waals surface area contributed by atoms with Crippen molar-refractivity contribution in [3.63, 3.8) is 0 Å². The van der Waals surface area contributed by atoms with Gasteiger partial charge in [-0.05, 0) is 18.6 Å². The highest BCUT2D eigenvalue weighted by Gasteiger charge is 2.00. The molecule has 0 saturated carbocycles. The third kappa shape index (κ3) is 7.51. The summed E-state index contributed by atoms with van der Waals surface area (Å²) in [6.07, 6.45) is 6.36. The summed E-state index contributed by atoms with van der Waals surface area (Å²) in [5.41, 5.74) is 1.12. The molecule has 0 amide bonds. The number of hydrogen-bond donors (Lipinski definition) is 2. The molecule has 128 valence electrons. The first-order chi connectivity index (χ1) is 10.8. The molecule has 0 fully saturated rings. The normalized spacial score (nSPS) is 11.1. The maximum atomic E-state index is 5.52. The van der Waals surface area contributed by atoms with E-state index in [0.717, 1.165) is 30.2 Å². The Morgan fingerprint density at radius 3 is 2.96 bits per heavy atom. The Morgan fingerprint density at radius 1 is 1.43 bits per heavy atom. The number of aryl methyl sites for hydroxylation is 1. The van der Waals surface area contributed by atoms with Gasteiger partial charge in [0, 0.05) is 45.6 Å². The Labute approximate surface area is 153 Å². The minimum absolute atomic E-state index is 0. The second-order valence-electron chi connectivity index (χ2n) is 4.86. The number of nitrogens with one attached hydrogen (secondary N) is 2. The van der Waals surface area contributed by atoms with E-state index in [0.29, 0.717) is 19.8 Å². The van der Waals surface area contributed by atoms with Crippen LogP contribution in [0, 0.1) is 0 Å². The standard InChI is InChI=1S/C15H23N5O2.HI/c1-16-15(18-9-13-10-19-20(2)11-13)17-6-4-7-21-12-14-5-3-8-22-14;/h3,5,8,10-11H,4,6-7,9,12H2,1-2H3,(H2,16,17,18);1H. The van der Waals surface area contributed by atoms with Gasteiger partial charge in [0.15, 0.2) is 5.96 Å². The van der Waals surface area contributed by atoms with Crippen molar-refractivity contribution in [2.45, 2.75) is 19.6 Å². The van der Waals surface area contributed by atoms with Crippen molar-refractivity contribution < 1.29 is 9.15 Å². The Kier molecular flexibility index (Phi) is 9.37. The lowest BCUT2D eigenvalue weighted by Gasteiger charge is -2.11. The number of rotatable bonds is 8. The molecule has 0 aliphatic rings. The predicted molar refractivity (Wildman–Crippen MR) is 99.8 cm³/mol. The average Bonchev–Trinajstić information content (AvgIpc) is 3.17. The molecule has 8 heteroatoms. The summed E-state index contributed by atoms with van der Waals surface area (Å²) in [7, 11) is 3.66. The molecule has 0 aliphatic heterocycles. The number of halogens is 1. The fraction of sp³-hybridized carbons (Fsp3) is 0.467. The summed E-state index contributed by atoms with van der Waals surface area (Å²) in [5.74, 6) is 1.62. The number of aliphatic imine (C=N–C) groups is 1. The Balaban J connectivity index is 0.00000264. The first-order valence-electron chi connectivity index (χ1n) is 7.30. The van der Waals surface area contributed by atoms with Crippen LogP contribution in [0.1, 0.15) is 17.7 Å². The molecular formula is C15H24IN5O2. The Bertz CT molecular complexity index is 568. The SMILES string of the molecule is CN=C(NCCCOCc1ccco1)NCc1cnn(C)c1.I. The number of guanidine groups is 1. The summed E-state index contributed by atoms with van der Waals surface area (Å²) in [5, 5.41) is 10.6. The highest BCUT2D eigenvalue weighted by molar-refractivity contribution is 14.0. The van der Waals surface area contributed by atoms with E-state index in [1.807, 2.05) is 31.6 Å². The van der Waals surface area contributed by atoms with Crippen LogP contribution in [0.5, 0.6) is 0 Å². The molecule has 2 heterocycles. The van der Waals surface area contributed by atoms with Crippen LogP contribution in [-0.4, -0.2) is 35.9 Å². The molecule has 2 N–H and O–H groups in total. The van der Waals surface area contributed by atoms with Crippen molar-refractivity contribution in [2.24, 2.45) is 12.0 Å². The molecule has 0 unspecified atom stereocenters. The average molecular weight is 433 g/mol. The molecular weight excluding hydrogens is 409 g/mol. The van der Waals surface area contributed by atoms with E-state index in [9.17, 15) is 0 Å². The van der Waals surface area contributed by atoms with Gasteiger partial charge in [0.25, 0.3) is 0 Å². The van der Waals surface area contributed by atoms with E-state index < -0.39 is 0 Å². The van der Waals surface area contributed by atoms with Gasteiger partial charge in [0.05, 0.1) is 12.5 Å². The molecule has 0 radical (unpaired) electrons. The monoisotopic (exact) mass is 433 g/mol. The van der Waals surface area contributed by atoms with Gasteiger partial charge in [-0.25, -0.2) is 0 Å². The van der Waals surface area contributed by atoms with Crippen molar-refractivity contribution in [3.05, 3.63) is 42.1 Å². The Morgan fingerprint density at radius 2 is 2.30 bits per heavy atom. The number of hydrogen-bond acceptors (Lipinski definition) is 4. The van der Waals surface area contributed by atoms with E-state index in [-0.39, 0.29) is 24.0 Å². The smallest absolute Gasteiger partial charge is 0.191 e. The van der Waals surface area contributed by atoms with Crippen LogP contribution < -0.4 is 10.6 Å². The third-order valence-corrected chi connectivity index (χ3v) is 3.02. The van der Waals surface area contributed by atoms with E-state index in [2.05, 4.69) is 20.7 Å². The highest BCUT2D eigenvalue weighted by Crippen LogP contribution is 2.01. The largest absolute Gasteiger partial charge is 0.467 e. The molecule has 0 aromatic carbocycles. The lowest BCUT2D eigenvalue weighted by molar-refractivity contribution is 0.105. The quantitative estimate of drug-likeness (QED) is 0.288. The molecule has 0 aliphatic carbocycles. The second-order valence-corrected chi connectivity index (χ2v) is 4.86. The van der Waals surface area contributed by atoms with Crippen LogP contribution in [-0.2, 0) is 24.9 Å². The van der Waals surface area contributed by atoms with Crippen molar-refractivity contribution >= 4 is 29.9 Å². The van der Waals surface area contributed by atoms with Crippen molar-refractivity contribution in [1.29, 1.82) is 0 Å². The zero-order valence-corrected chi connectivity index (χ0v) is 15.8. The summed E-state index contributed by atoms with van der Waals surface area (Å²) >= 11 is 0. The van der Waals surface area contributed by atoms with Gasteiger partial charge < -0.3 is 19.8 Å². The van der Waals surface area contributed by atoms with Crippen LogP contribution in [0.2, 0.25) is 0 Å². The molecule has 2 aromatic heterocycles. The lowest BCUT2D eigenvalue weighted by atomic mass is 10.3. The van der Waals surface area contributed by atoms with Crippen molar-refractivity contribution in [2.75, 3.05) is 20.2 Å².